The molecular weight excluding hydrogens is 236 g/mol. The zero-order valence-corrected chi connectivity index (χ0v) is 10.7. The molecule has 1 atom stereocenters. The summed E-state index contributed by atoms with van der Waals surface area (Å²) in [5, 5.41) is 3.76. The molecule has 1 heterocycles. The van der Waals surface area contributed by atoms with Crippen LogP contribution < -0.4 is 5.32 Å². The molecule has 0 aliphatic carbocycles. The van der Waals surface area contributed by atoms with Gasteiger partial charge in [0.05, 0.1) is 10.6 Å². The molecule has 0 bridgehead atoms. The number of nitrogens with one attached hydrogen (secondary N) is 1. The molecule has 1 saturated heterocycles. The first-order chi connectivity index (χ1) is 8.22. The third-order valence-electron chi connectivity index (χ3n) is 3.22. The Balaban J connectivity index is 2.12. The van der Waals surface area contributed by atoms with Crippen LogP contribution >= 0.6 is 11.6 Å². The maximum Gasteiger partial charge on any atom is 0.255 e. The highest BCUT2D eigenvalue weighted by atomic mass is 35.5. The van der Waals surface area contributed by atoms with E-state index in [4.69, 9.17) is 11.6 Å². The summed E-state index contributed by atoms with van der Waals surface area (Å²) in [4.78, 5) is 14.2. The van der Waals surface area contributed by atoms with E-state index in [0.717, 1.165) is 25.9 Å². The third-order valence-corrected chi connectivity index (χ3v) is 3.55. The first kappa shape index (κ1) is 12.4. The number of likely N-dealkylation sites (tertiary alicyclic amines) is 1. The minimum Gasteiger partial charge on any atom is -0.337 e. The average molecular weight is 253 g/mol. The quantitative estimate of drug-likeness (QED) is 0.875. The van der Waals surface area contributed by atoms with E-state index in [2.05, 4.69) is 5.32 Å². The average Bonchev–Trinajstić information content (AvgIpc) is 2.38. The fraction of sp³-hybridized carbons (Fsp3) is 0.462. The van der Waals surface area contributed by atoms with Gasteiger partial charge in [0.1, 0.15) is 0 Å². The Kier molecular flexibility index (Phi) is 4.02. The largest absolute Gasteiger partial charge is 0.337 e. The zero-order valence-electron chi connectivity index (χ0n) is 9.95. The predicted molar refractivity (Wildman–Crippen MR) is 69.4 cm³/mol. The summed E-state index contributed by atoms with van der Waals surface area (Å²) >= 11 is 6.05. The molecule has 0 aromatic heterocycles. The van der Waals surface area contributed by atoms with Gasteiger partial charge < -0.3 is 10.2 Å². The van der Waals surface area contributed by atoms with Crippen molar-refractivity contribution in [2.45, 2.75) is 18.9 Å². The van der Waals surface area contributed by atoms with E-state index in [1.54, 1.807) is 12.1 Å². The number of carbonyl (C=O) groups excluding carboxylic acids is 1. The van der Waals surface area contributed by atoms with E-state index in [9.17, 15) is 4.79 Å². The minimum atomic E-state index is 0.0375. The van der Waals surface area contributed by atoms with Gasteiger partial charge in [0.15, 0.2) is 0 Å². The highest BCUT2D eigenvalue weighted by molar-refractivity contribution is 6.33. The molecule has 1 amide bonds. The van der Waals surface area contributed by atoms with Crippen molar-refractivity contribution in [2.75, 3.05) is 20.1 Å². The number of hydrogen-bond acceptors (Lipinski definition) is 2. The zero-order chi connectivity index (χ0) is 12.3. The van der Waals surface area contributed by atoms with Gasteiger partial charge in [0.2, 0.25) is 0 Å². The van der Waals surface area contributed by atoms with Gasteiger partial charge >= 0.3 is 0 Å². The fourth-order valence-corrected chi connectivity index (χ4v) is 2.42. The second kappa shape index (κ2) is 5.52. The van der Waals surface area contributed by atoms with Crippen LogP contribution in [0.4, 0.5) is 0 Å². The highest BCUT2D eigenvalue weighted by Gasteiger charge is 2.24. The lowest BCUT2D eigenvalue weighted by Gasteiger charge is -2.32. The van der Waals surface area contributed by atoms with Crippen molar-refractivity contribution < 1.29 is 4.79 Å². The van der Waals surface area contributed by atoms with E-state index in [-0.39, 0.29) is 5.91 Å². The molecule has 4 heteroatoms. The number of rotatable bonds is 2. The third kappa shape index (κ3) is 2.79. The molecule has 1 aromatic rings. The monoisotopic (exact) mass is 252 g/mol. The molecule has 92 valence electrons. The molecule has 2 rings (SSSR count). The van der Waals surface area contributed by atoms with Gasteiger partial charge in [0, 0.05) is 19.1 Å². The van der Waals surface area contributed by atoms with Crippen molar-refractivity contribution in [3.63, 3.8) is 0 Å². The number of nitrogens with zero attached hydrogens (tertiary/aromatic N) is 1. The standard InChI is InChI=1S/C13H17ClN2O/c1-15-10-5-4-8-16(9-10)13(17)11-6-2-3-7-12(11)14/h2-3,6-7,10,15H,4-5,8-9H2,1H3/t10-/m0/s1. The molecule has 0 saturated carbocycles. The van der Waals surface area contributed by atoms with Crippen molar-refractivity contribution >= 4 is 17.5 Å². The second-order valence-electron chi connectivity index (χ2n) is 4.36. The van der Waals surface area contributed by atoms with Crippen LogP contribution in [0.1, 0.15) is 23.2 Å². The van der Waals surface area contributed by atoms with Crippen LogP contribution in [0.2, 0.25) is 5.02 Å². The second-order valence-corrected chi connectivity index (χ2v) is 4.77. The molecule has 1 fully saturated rings. The lowest BCUT2D eigenvalue weighted by atomic mass is 10.0. The summed E-state index contributed by atoms with van der Waals surface area (Å²) in [7, 11) is 1.94. The van der Waals surface area contributed by atoms with Gasteiger partial charge in [-0.3, -0.25) is 4.79 Å². The predicted octanol–water partition coefficient (Wildman–Crippen LogP) is 2.16. The van der Waals surface area contributed by atoms with E-state index in [0.29, 0.717) is 16.6 Å². The number of likely N-dealkylation sites (N-methyl/N-ethyl adjacent to an activating group) is 1. The molecule has 1 aromatic carbocycles. The number of amides is 1. The van der Waals surface area contributed by atoms with Crippen molar-refractivity contribution in [1.29, 1.82) is 0 Å². The van der Waals surface area contributed by atoms with Crippen LogP contribution in [0.25, 0.3) is 0 Å². The van der Waals surface area contributed by atoms with Gasteiger partial charge in [-0.1, -0.05) is 23.7 Å². The summed E-state index contributed by atoms with van der Waals surface area (Å²) < 4.78 is 0. The minimum absolute atomic E-state index is 0.0375. The molecule has 17 heavy (non-hydrogen) atoms. The molecule has 3 nitrogen and oxygen atoms in total. The van der Waals surface area contributed by atoms with Gasteiger partial charge in [-0.25, -0.2) is 0 Å². The number of piperidine rings is 1. The highest BCUT2D eigenvalue weighted by Crippen LogP contribution is 2.19. The summed E-state index contributed by atoms with van der Waals surface area (Å²) in [6.45, 7) is 1.59. The van der Waals surface area contributed by atoms with E-state index in [1.807, 2.05) is 24.1 Å². The Morgan fingerprint density at radius 1 is 1.47 bits per heavy atom. The van der Waals surface area contributed by atoms with Gasteiger partial charge in [-0.15, -0.1) is 0 Å². The maximum atomic E-state index is 12.3. The van der Waals surface area contributed by atoms with Crippen molar-refractivity contribution in [3.05, 3.63) is 34.9 Å². The fourth-order valence-electron chi connectivity index (χ4n) is 2.20. The lowest BCUT2D eigenvalue weighted by Crippen LogP contribution is -2.47. The Hall–Kier alpha value is -1.06. The molecule has 0 unspecified atom stereocenters. The van der Waals surface area contributed by atoms with Crippen LogP contribution in [0.15, 0.2) is 24.3 Å². The Morgan fingerprint density at radius 2 is 2.24 bits per heavy atom. The van der Waals surface area contributed by atoms with E-state index >= 15 is 0 Å². The number of hydrogen-bond donors (Lipinski definition) is 1. The van der Waals surface area contributed by atoms with E-state index < -0.39 is 0 Å². The Morgan fingerprint density at radius 3 is 2.94 bits per heavy atom. The number of halogens is 1. The first-order valence-electron chi connectivity index (χ1n) is 5.93. The molecule has 1 aliphatic heterocycles. The van der Waals surface area contributed by atoms with Gasteiger partial charge in [-0.2, -0.15) is 0 Å². The van der Waals surface area contributed by atoms with Crippen molar-refractivity contribution in [1.82, 2.24) is 10.2 Å². The summed E-state index contributed by atoms with van der Waals surface area (Å²) in [6.07, 6.45) is 2.17. The first-order valence-corrected chi connectivity index (χ1v) is 6.31. The van der Waals surface area contributed by atoms with Crippen LogP contribution in [0.3, 0.4) is 0 Å². The number of carbonyl (C=O) groups is 1. The molecule has 1 N–H and O–H groups in total. The smallest absolute Gasteiger partial charge is 0.255 e. The van der Waals surface area contributed by atoms with Gasteiger partial charge in [0.25, 0.3) is 5.91 Å². The molecule has 0 spiro atoms. The summed E-state index contributed by atoms with van der Waals surface area (Å²) in [5.41, 5.74) is 0.603. The Bertz CT molecular complexity index is 408. The topological polar surface area (TPSA) is 32.3 Å². The van der Waals surface area contributed by atoms with Crippen molar-refractivity contribution in [3.8, 4) is 0 Å². The van der Waals surface area contributed by atoms with Crippen LogP contribution in [0.5, 0.6) is 0 Å². The van der Waals surface area contributed by atoms with Crippen LogP contribution in [-0.2, 0) is 0 Å². The van der Waals surface area contributed by atoms with Crippen LogP contribution in [-0.4, -0.2) is 37.0 Å². The van der Waals surface area contributed by atoms with E-state index in [1.165, 1.54) is 0 Å². The maximum absolute atomic E-state index is 12.3. The lowest BCUT2D eigenvalue weighted by molar-refractivity contribution is 0.0698. The van der Waals surface area contributed by atoms with Crippen LogP contribution in [0, 0.1) is 0 Å². The normalized spacial score (nSPS) is 20.4. The summed E-state index contributed by atoms with van der Waals surface area (Å²) in [6, 6.07) is 7.63. The summed E-state index contributed by atoms with van der Waals surface area (Å²) in [5.74, 6) is 0.0375. The molecular formula is C13H17ClN2O. The van der Waals surface area contributed by atoms with Gasteiger partial charge in [-0.05, 0) is 32.0 Å². The molecule has 1 aliphatic rings. The number of benzene rings is 1. The van der Waals surface area contributed by atoms with Crippen molar-refractivity contribution in [2.24, 2.45) is 0 Å². The molecule has 0 radical (unpaired) electrons. The Labute approximate surface area is 107 Å². The SMILES string of the molecule is CN[C@H]1CCCN(C(=O)c2ccccc2Cl)C1.